The largest absolute Gasteiger partial charge is 0.343 e. The van der Waals surface area contributed by atoms with Gasteiger partial charge in [-0.25, -0.2) is 0 Å². The molecule has 0 heterocycles. The SMILES string of the molecule is CC(C)C(NC(=O)C(c1ccccc1)c1ccccc1)C(=O)Nc1ccc(Br)cc1. The molecule has 0 aliphatic carbocycles. The lowest BCUT2D eigenvalue weighted by Crippen LogP contribution is -2.48. The van der Waals surface area contributed by atoms with E-state index >= 15 is 0 Å². The molecule has 2 amide bonds. The van der Waals surface area contributed by atoms with E-state index in [2.05, 4.69) is 26.6 Å². The van der Waals surface area contributed by atoms with E-state index in [0.717, 1.165) is 15.6 Å². The molecule has 1 unspecified atom stereocenters. The molecule has 30 heavy (non-hydrogen) atoms. The summed E-state index contributed by atoms with van der Waals surface area (Å²) in [6.07, 6.45) is 0. The van der Waals surface area contributed by atoms with Gasteiger partial charge in [0.05, 0.1) is 5.92 Å². The van der Waals surface area contributed by atoms with Crippen LogP contribution in [0.1, 0.15) is 30.9 Å². The van der Waals surface area contributed by atoms with E-state index in [1.54, 1.807) is 0 Å². The van der Waals surface area contributed by atoms with Crippen LogP contribution in [0, 0.1) is 5.92 Å². The average Bonchev–Trinajstić information content (AvgIpc) is 2.75. The lowest BCUT2D eigenvalue weighted by molar-refractivity contribution is -0.127. The Morgan fingerprint density at radius 2 is 1.23 bits per heavy atom. The first-order chi connectivity index (χ1) is 14.5. The quantitative estimate of drug-likeness (QED) is 0.494. The summed E-state index contributed by atoms with van der Waals surface area (Å²) in [5.41, 5.74) is 2.46. The van der Waals surface area contributed by atoms with Crippen molar-refractivity contribution in [3.63, 3.8) is 0 Å². The van der Waals surface area contributed by atoms with Gasteiger partial charge in [0.1, 0.15) is 6.04 Å². The van der Waals surface area contributed by atoms with Gasteiger partial charge in [0.25, 0.3) is 0 Å². The van der Waals surface area contributed by atoms with Crippen molar-refractivity contribution in [2.24, 2.45) is 5.92 Å². The second-order valence-corrected chi connectivity index (χ2v) is 8.40. The smallest absolute Gasteiger partial charge is 0.247 e. The fourth-order valence-electron chi connectivity index (χ4n) is 3.31. The van der Waals surface area contributed by atoms with Crippen molar-refractivity contribution in [2.45, 2.75) is 25.8 Å². The maximum Gasteiger partial charge on any atom is 0.247 e. The summed E-state index contributed by atoms with van der Waals surface area (Å²) in [5.74, 6) is -0.997. The van der Waals surface area contributed by atoms with Crippen LogP contribution in [0.15, 0.2) is 89.4 Å². The first-order valence-electron chi connectivity index (χ1n) is 9.92. The highest BCUT2D eigenvalue weighted by molar-refractivity contribution is 9.10. The molecule has 0 fully saturated rings. The molecule has 0 aliphatic rings. The molecule has 0 aromatic heterocycles. The molecule has 5 heteroatoms. The lowest BCUT2D eigenvalue weighted by atomic mass is 9.89. The molecular formula is C25H25BrN2O2. The zero-order valence-electron chi connectivity index (χ0n) is 17.0. The predicted octanol–water partition coefficient (Wildman–Crippen LogP) is 5.36. The van der Waals surface area contributed by atoms with Crippen LogP contribution in [-0.2, 0) is 9.59 Å². The molecule has 0 bridgehead atoms. The summed E-state index contributed by atoms with van der Waals surface area (Å²) in [7, 11) is 0. The molecule has 3 aromatic rings. The Morgan fingerprint density at radius 1 is 0.733 bits per heavy atom. The number of hydrogen-bond donors (Lipinski definition) is 2. The summed E-state index contributed by atoms with van der Waals surface area (Å²) in [6.45, 7) is 3.85. The highest BCUT2D eigenvalue weighted by Gasteiger charge is 2.29. The number of rotatable bonds is 7. The summed E-state index contributed by atoms with van der Waals surface area (Å²) in [5, 5.41) is 5.88. The van der Waals surface area contributed by atoms with Crippen molar-refractivity contribution >= 4 is 33.4 Å². The zero-order chi connectivity index (χ0) is 21.5. The lowest BCUT2D eigenvalue weighted by Gasteiger charge is -2.25. The number of carbonyl (C=O) groups excluding carboxylic acids is 2. The Balaban J connectivity index is 1.82. The van der Waals surface area contributed by atoms with E-state index in [4.69, 9.17) is 0 Å². The van der Waals surface area contributed by atoms with Gasteiger partial charge < -0.3 is 10.6 Å². The standard InChI is InChI=1S/C25H25BrN2O2/c1-17(2)23(25(30)27-21-15-13-20(26)14-16-21)28-24(29)22(18-9-5-3-6-10-18)19-11-7-4-8-12-19/h3-17,22-23H,1-2H3,(H,27,30)(H,28,29). The van der Waals surface area contributed by atoms with Crippen LogP contribution in [0.3, 0.4) is 0 Å². The molecule has 3 rings (SSSR count). The van der Waals surface area contributed by atoms with E-state index in [1.165, 1.54) is 0 Å². The van der Waals surface area contributed by atoms with Gasteiger partial charge >= 0.3 is 0 Å². The Morgan fingerprint density at radius 3 is 1.70 bits per heavy atom. The van der Waals surface area contributed by atoms with Crippen LogP contribution in [0.25, 0.3) is 0 Å². The summed E-state index contributed by atoms with van der Waals surface area (Å²) < 4.78 is 0.933. The third-order valence-electron chi connectivity index (χ3n) is 4.89. The van der Waals surface area contributed by atoms with Crippen molar-refractivity contribution in [1.82, 2.24) is 5.32 Å². The van der Waals surface area contributed by atoms with Gasteiger partial charge in [0.15, 0.2) is 0 Å². The molecule has 0 radical (unpaired) electrons. The van der Waals surface area contributed by atoms with Crippen LogP contribution in [0.5, 0.6) is 0 Å². The number of benzene rings is 3. The monoisotopic (exact) mass is 464 g/mol. The number of halogens is 1. The average molecular weight is 465 g/mol. The number of hydrogen-bond acceptors (Lipinski definition) is 2. The molecule has 2 N–H and O–H groups in total. The van der Waals surface area contributed by atoms with Crippen LogP contribution in [0.4, 0.5) is 5.69 Å². The Labute approximate surface area is 185 Å². The summed E-state index contributed by atoms with van der Waals surface area (Å²) >= 11 is 3.39. The van der Waals surface area contributed by atoms with E-state index < -0.39 is 12.0 Å². The Bertz CT molecular complexity index is 934. The first kappa shape index (κ1) is 21.8. The molecular weight excluding hydrogens is 440 g/mol. The van der Waals surface area contributed by atoms with Gasteiger partial charge in [-0.2, -0.15) is 0 Å². The van der Waals surface area contributed by atoms with Gasteiger partial charge in [-0.05, 0) is 41.3 Å². The van der Waals surface area contributed by atoms with Crippen LogP contribution in [-0.4, -0.2) is 17.9 Å². The van der Waals surface area contributed by atoms with Crippen molar-refractivity contribution in [2.75, 3.05) is 5.32 Å². The van der Waals surface area contributed by atoms with E-state index in [1.807, 2.05) is 98.8 Å². The maximum absolute atomic E-state index is 13.4. The molecule has 0 aliphatic heterocycles. The maximum atomic E-state index is 13.4. The third-order valence-corrected chi connectivity index (χ3v) is 5.42. The first-order valence-corrected chi connectivity index (χ1v) is 10.7. The summed E-state index contributed by atoms with van der Waals surface area (Å²) in [4.78, 5) is 26.3. The second kappa shape index (κ2) is 10.2. The molecule has 154 valence electrons. The fraction of sp³-hybridized carbons (Fsp3) is 0.200. The molecule has 0 spiro atoms. The normalized spacial score (nSPS) is 11.9. The summed E-state index contributed by atoms with van der Waals surface area (Å²) in [6, 6.07) is 25.9. The fourth-order valence-corrected chi connectivity index (χ4v) is 3.58. The molecule has 4 nitrogen and oxygen atoms in total. The molecule has 0 saturated carbocycles. The van der Waals surface area contributed by atoms with Crippen molar-refractivity contribution < 1.29 is 9.59 Å². The van der Waals surface area contributed by atoms with Crippen LogP contribution < -0.4 is 10.6 Å². The Hall–Kier alpha value is -2.92. The topological polar surface area (TPSA) is 58.2 Å². The minimum atomic E-state index is -0.656. The van der Waals surface area contributed by atoms with E-state index in [-0.39, 0.29) is 17.7 Å². The van der Waals surface area contributed by atoms with Crippen molar-refractivity contribution in [1.29, 1.82) is 0 Å². The van der Waals surface area contributed by atoms with Gasteiger partial charge in [-0.3, -0.25) is 9.59 Å². The minimum Gasteiger partial charge on any atom is -0.343 e. The Kier molecular flexibility index (Phi) is 7.41. The van der Waals surface area contributed by atoms with Crippen LogP contribution in [0.2, 0.25) is 0 Å². The number of nitrogens with one attached hydrogen (secondary N) is 2. The van der Waals surface area contributed by atoms with Crippen molar-refractivity contribution in [3.8, 4) is 0 Å². The second-order valence-electron chi connectivity index (χ2n) is 7.48. The number of amides is 2. The molecule has 3 aromatic carbocycles. The van der Waals surface area contributed by atoms with Crippen LogP contribution >= 0.6 is 15.9 Å². The molecule has 1 atom stereocenters. The minimum absolute atomic E-state index is 0.0726. The van der Waals surface area contributed by atoms with Gasteiger partial charge in [0.2, 0.25) is 11.8 Å². The predicted molar refractivity (Wildman–Crippen MR) is 124 cm³/mol. The van der Waals surface area contributed by atoms with Gasteiger partial charge in [-0.15, -0.1) is 0 Å². The number of carbonyl (C=O) groups is 2. The van der Waals surface area contributed by atoms with E-state index in [9.17, 15) is 9.59 Å². The zero-order valence-corrected chi connectivity index (χ0v) is 18.6. The van der Waals surface area contributed by atoms with Crippen molar-refractivity contribution in [3.05, 3.63) is 101 Å². The van der Waals surface area contributed by atoms with Gasteiger partial charge in [-0.1, -0.05) is 90.4 Å². The third kappa shape index (κ3) is 5.57. The highest BCUT2D eigenvalue weighted by Crippen LogP contribution is 2.25. The van der Waals surface area contributed by atoms with E-state index in [0.29, 0.717) is 5.69 Å². The highest BCUT2D eigenvalue weighted by atomic mass is 79.9. The van der Waals surface area contributed by atoms with Gasteiger partial charge in [0, 0.05) is 10.2 Å². The molecule has 0 saturated heterocycles. The number of anilines is 1.